The molecule has 0 saturated carbocycles. The molecule has 1 amide bonds. The van der Waals surface area contributed by atoms with Crippen LogP contribution >= 0.6 is 0 Å². The highest BCUT2D eigenvalue weighted by Gasteiger charge is 2.19. The average Bonchev–Trinajstić information content (AvgIpc) is 2.77. The van der Waals surface area contributed by atoms with E-state index < -0.39 is 0 Å². The fraction of sp³-hybridized carbons (Fsp3) is 0.250. The summed E-state index contributed by atoms with van der Waals surface area (Å²) in [6, 6.07) is 15.2. The lowest BCUT2D eigenvalue weighted by atomic mass is 10.1. The standard InChI is InChI=1S/C24H26N2O3/c1-3-18-29-23-11-4-20(5-12-23)6-13-24(28)26-16-14-25(15-17-26)22-9-7-21(8-10-22)19(2)27/h3-13H,1,14-18H2,2H3/b13-6+. The number of hydrogen-bond donors (Lipinski definition) is 0. The number of ether oxygens (including phenoxy) is 1. The Morgan fingerprint density at radius 2 is 1.66 bits per heavy atom. The Morgan fingerprint density at radius 3 is 2.24 bits per heavy atom. The molecule has 1 aliphatic rings. The van der Waals surface area contributed by atoms with Gasteiger partial charge in [0.05, 0.1) is 0 Å². The normalized spacial score (nSPS) is 14.1. The molecule has 0 N–H and O–H groups in total. The van der Waals surface area contributed by atoms with Gasteiger partial charge in [0.25, 0.3) is 0 Å². The smallest absolute Gasteiger partial charge is 0.246 e. The largest absolute Gasteiger partial charge is 0.490 e. The van der Waals surface area contributed by atoms with E-state index in [9.17, 15) is 9.59 Å². The molecule has 0 aliphatic carbocycles. The number of carbonyl (C=O) groups excluding carboxylic acids is 2. The van der Waals surface area contributed by atoms with Crippen molar-refractivity contribution in [1.29, 1.82) is 0 Å². The van der Waals surface area contributed by atoms with Crippen molar-refractivity contribution in [2.45, 2.75) is 6.92 Å². The van der Waals surface area contributed by atoms with Crippen LogP contribution in [0.4, 0.5) is 5.69 Å². The lowest BCUT2D eigenvalue weighted by molar-refractivity contribution is -0.126. The van der Waals surface area contributed by atoms with E-state index >= 15 is 0 Å². The van der Waals surface area contributed by atoms with E-state index in [0.717, 1.165) is 30.1 Å². The first-order valence-electron chi connectivity index (χ1n) is 9.73. The second kappa shape index (κ2) is 9.73. The van der Waals surface area contributed by atoms with E-state index in [0.29, 0.717) is 25.3 Å². The molecule has 0 unspecified atom stereocenters. The number of carbonyl (C=O) groups is 2. The van der Waals surface area contributed by atoms with E-state index in [4.69, 9.17) is 4.74 Å². The number of ketones is 1. The Morgan fingerprint density at radius 1 is 1.00 bits per heavy atom. The van der Waals surface area contributed by atoms with E-state index in [1.165, 1.54) is 0 Å². The number of piperazine rings is 1. The summed E-state index contributed by atoms with van der Waals surface area (Å²) in [7, 11) is 0. The van der Waals surface area contributed by atoms with Crippen LogP contribution in [0.15, 0.2) is 67.3 Å². The maximum absolute atomic E-state index is 12.5. The minimum Gasteiger partial charge on any atom is -0.490 e. The number of amides is 1. The number of benzene rings is 2. The Bertz CT molecular complexity index is 877. The van der Waals surface area contributed by atoms with Crippen LogP contribution in [0.2, 0.25) is 0 Å². The molecule has 0 spiro atoms. The fourth-order valence-electron chi connectivity index (χ4n) is 3.20. The van der Waals surface area contributed by atoms with Gasteiger partial charge in [0.15, 0.2) is 5.78 Å². The fourth-order valence-corrected chi connectivity index (χ4v) is 3.20. The minimum absolute atomic E-state index is 0.0172. The third-order valence-electron chi connectivity index (χ3n) is 4.90. The van der Waals surface area contributed by atoms with Gasteiger partial charge in [0, 0.05) is 43.5 Å². The number of Topliss-reactive ketones (excluding diaryl/α,β-unsaturated/α-hetero) is 1. The molecule has 2 aromatic carbocycles. The first kappa shape index (κ1) is 20.4. The zero-order valence-corrected chi connectivity index (χ0v) is 16.7. The Kier molecular flexibility index (Phi) is 6.85. The van der Waals surface area contributed by atoms with Crippen molar-refractivity contribution in [2.24, 2.45) is 0 Å². The number of nitrogens with zero attached hydrogens (tertiary/aromatic N) is 2. The molecule has 1 heterocycles. The molecular formula is C24H26N2O3. The minimum atomic E-state index is 0.0172. The predicted molar refractivity (Wildman–Crippen MR) is 116 cm³/mol. The Balaban J connectivity index is 1.51. The van der Waals surface area contributed by atoms with Crippen LogP contribution < -0.4 is 9.64 Å². The second-order valence-corrected chi connectivity index (χ2v) is 6.92. The van der Waals surface area contributed by atoms with E-state index in [2.05, 4.69) is 11.5 Å². The maximum atomic E-state index is 12.5. The molecule has 0 radical (unpaired) electrons. The van der Waals surface area contributed by atoms with Crippen molar-refractivity contribution in [3.63, 3.8) is 0 Å². The Hall–Kier alpha value is -3.34. The van der Waals surface area contributed by atoms with Gasteiger partial charge in [-0.3, -0.25) is 9.59 Å². The zero-order chi connectivity index (χ0) is 20.6. The summed E-state index contributed by atoms with van der Waals surface area (Å²) >= 11 is 0. The number of anilines is 1. The molecule has 1 saturated heterocycles. The van der Waals surface area contributed by atoms with Gasteiger partial charge in [-0.05, 0) is 55.0 Å². The second-order valence-electron chi connectivity index (χ2n) is 6.92. The average molecular weight is 390 g/mol. The van der Waals surface area contributed by atoms with Gasteiger partial charge in [0.2, 0.25) is 5.91 Å². The molecule has 150 valence electrons. The summed E-state index contributed by atoms with van der Waals surface area (Å²) in [4.78, 5) is 28.0. The summed E-state index contributed by atoms with van der Waals surface area (Å²) in [5.41, 5.74) is 2.75. The van der Waals surface area contributed by atoms with Crippen LogP contribution in [-0.4, -0.2) is 49.4 Å². The SMILES string of the molecule is C=CCOc1ccc(/C=C/C(=O)N2CCN(c3ccc(C(C)=O)cc3)CC2)cc1. The Labute approximate surface area is 171 Å². The van der Waals surface area contributed by atoms with E-state index in [1.807, 2.05) is 59.5 Å². The van der Waals surface area contributed by atoms with Crippen LogP contribution in [-0.2, 0) is 4.79 Å². The molecule has 2 aromatic rings. The molecule has 3 rings (SSSR count). The van der Waals surface area contributed by atoms with Crippen molar-refractivity contribution in [3.8, 4) is 5.75 Å². The van der Waals surface area contributed by atoms with Crippen LogP contribution in [0, 0.1) is 0 Å². The van der Waals surface area contributed by atoms with Crippen LogP contribution in [0.3, 0.4) is 0 Å². The molecule has 0 atom stereocenters. The number of rotatable bonds is 7. The maximum Gasteiger partial charge on any atom is 0.246 e. The van der Waals surface area contributed by atoms with E-state index in [-0.39, 0.29) is 11.7 Å². The molecular weight excluding hydrogens is 364 g/mol. The van der Waals surface area contributed by atoms with Gasteiger partial charge >= 0.3 is 0 Å². The van der Waals surface area contributed by atoms with E-state index in [1.54, 1.807) is 19.1 Å². The zero-order valence-electron chi connectivity index (χ0n) is 16.7. The molecule has 1 aliphatic heterocycles. The summed E-state index contributed by atoms with van der Waals surface area (Å²) < 4.78 is 5.46. The highest BCUT2D eigenvalue weighted by Crippen LogP contribution is 2.18. The van der Waals surface area contributed by atoms with Crippen molar-refractivity contribution < 1.29 is 14.3 Å². The topological polar surface area (TPSA) is 49.9 Å². The summed E-state index contributed by atoms with van der Waals surface area (Å²) in [5, 5.41) is 0. The summed E-state index contributed by atoms with van der Waals surface area (Å²) in [6.07, 6.45) is 5.15. The summed E-state index contributed by atoms with van der Waals surface area (Å²) in [5.74, 6) is 0.863. The first-order chi connectivity index (χ1) is 14.1. The van der Waals surface area contributed by atoms with Crippen LogP contribution in [0.1, 0.15) is 22.8 Å². The lowest BCUT2D eigenvalue weighted by Gasteiger charge is -2.35. The quantitative estimate of drug-likeness (QED) is 0.410. The van der Waals surface area contributed by atoms with Gasteiger partial charge < -0.3 is 14.5 Å². The van der Waals surface area contributed by atoms with Gasteiger partial charge in [0.1, 0.15) is 12.4 Å². The molecule has 0 bridgehead atoms. The van der Waals surface area contributed by atoms with Crippen molar-refractivity contribution >= 4 is 23.5 Å². The highest BCUT2D eigenvalue weighted by atomic mass is 16.5. The molecule has 29 heavy (non-hydrogen) atoms. The monoisotopic (exact) mass is 390 g/mol. The van der Waals surface area contributed by atoms with Gasteiger partial charge in [-0.1, -0.05) is 24.8 Å². The molecule has 0 aromatic heterocycles. The third-order valence-corrected chi connectivity index (χ3v) is 4.90. The molecule has 5 heteroatoms. The first-order valence-corrected chi connectivity index (χ1v) is 9.73. The van der Waals surface area contributed by atoms with Crippen LogP contribution in [0.25, 0.3) is 6.08 Å². The summed E-state index contributed by atoms with van der Waals surface area (Å²) in [6.45, 7) is 8.55. The van der Waals surface area contributed by atoms with Crippen LogP contribution in [0.5, 0.6) is 5.75 Å². The molecule has 5 nitrogen and oxygen atoms in total. The lowest BCUT2D eigenvalue weighted by Crippen LogP contribution is -2.48. The molecule has 1 fully saturated rings. The van der Waals surface area contributed by atoms with Crippen molar-refractivity contribution in [2.75, 3.05) is 37.7 Å². The van der Waals surface area contributed by atoms with Gasteiger partial charge in [-0.2, -0.15) is 0 Å². The van der Waals surface area contributed by atoms with Gasteiger partial charge in [-0.25, -0.2) is 0 Å². The highest BCUT2D eigenvalue weighted by molar-refractivity contribution is 5.94. The predicted octanol–water partition coefficient (Wildman–Crippen LogP) is 3.82. The third kappa shape index (κ3) is 5.57. The number of hydrogen-bond acceptors (Lipinski definition) is 4. The van der Waals surface area contributed by atoms with Crippen molar-refractivity contribution in [1.82, 2.24) is 4.90 Å². The van der Waals surface area contributed by atoms with Crippen molar-refractivity contribution in [3.05, 3.63) is 78.4 Å². The van der Waals surface area contributed by atoms with Gasteiger partial charge in [-0.15, -0.1) is 0 Å².